The van der Waals surface area contributed by atoms with E-state index in [1.54, 1.807) is 0 Å². The monoisotopic (exact) mass is 213 g/mol. The van der Waals surface area contributed by atoms with Gasteiger partial charge in [0.1, 0.15) is 0 Å². The van der Waals surface area contributed by atoms with Gasteiger partial charge in [-0.15, -0.1) is 0 Å². The van der Waals surface area contributed by atoms with Gasteiger partial charge in [-0.25, -0.2) is 0 Å². The predicted molar refractivity (Wildman–Crippen MR) is 67.0 cm³/mol. The van der Waals surface area contributed by atoms with E-state index < -0.39 is 0 Å². The highest BCUT2D eigenvalue weighted by molar-refractivity contribution is 8.00. The van der Waals surface area contributed by atoms with Crippen molar-refractivity contribution in [2.24, 2.45) is 0 Å². The molecule has 2 atom stereocenters. The zero-order valence-corrected chi connectivity index (χ0v) is 10.5. The van der Waals surface area contributed by atoms with Gasteiger partial charge in [0, 0.05) is 10.8 Å². The lowest BCUT2D eigenvalue weighted by atomic mass is 9.90. The Morgan fingerprint density at radius 2 is 2.36 bits per heavy atom. The Morgan fingerprint density at radius 1 is 1.64 bits per heavy atom. The van der Waals surface area contributed by atoms with Gasteiger partial charge in [0.2, 0.25) is 0 Å². The molecule has 0 amide bonds. The van der Waals surface area contributed by atoms with Gasteiger partial charge in [-0.3, -0.25) is 0 Å². The zero-order valence-electron chi connectivity index (χ0n) is 9.73. The van der Waals surface area contributed by atoms with Crippen LogP contribution in [0.15, 0.2) is 12.2 Å². The van der Waals surface area contributed by atoms with Crippen LogP contribution in [0.1, 0.15) is 39.5 Å². The molecule has 0 bridgehead atoms. The molecule has 0 aromatic carbocycles. The van der Waals surface area contributed by atoms with Crippen LogP contribution in [0.4, 0.5) is 0 Å². The molecule has 0 radical (unpaired) electrons. The summed E-state index contributed by atoms with van der Waals surface area (Å²) in [6.07, 6.45) is 4.97. The summed E-state index contributed by atoms with van der Waals surface area (Å²) >= 11 is 2.13. The molecule has 14 heavy (non-hydrogen) atoms. The van der Waals surface area contributed by atoms with Crippen LogP contribution in [-0.4, -0.2) is 23.6 Å². The maximum Gasteiger partial charge on any atom is 0.0288 e. The van der Waals surface area contributed by atoms with Crippen LogP contribution < -0.4 is 5.32 Å². The van der Waals surface area contributed by atoms with Crippen molar-refractivity contribution in [3.63, 3.8) is 0 Å². The van der Waals surface area contributed by atoms with Gasteiger partial charge >= 0.3 is 0 Å². The molecule has 2 unspecified atom stereocenters. The van der Waals surface area contributed by atoms with Crippen LogP contribution in [0.5, 0.6) is 0 Å². The number of hydrogen-bond acceptors (Lipinski definition) is 2. The van der Waals surface area contributed by atoms with E-state index in [4.69, 9.17) is 0 Å². The van der Waals surface area contributed by atoms with Gasteiger partial charge in [0.25, 0.3) is 0 Å². The van der Waals surface area contributed by atoms with Crippen molar-refractivity contribution in [3.05, 3.63) is 12.2 Å². The van der Waals surface area contributed by atoms with E-state index in [-0.39, 0.29) is 0 Å². The van der Waals surface area contributed by atoms with Crippen molar-refractivity contribution < 1.29 is 0 Å². The molecule has 0 spiro atoms. The van der Waals surface area contributed by atoms with Gasteiger partial charge in [0.05, 0.1) is 0 Å². The van der Waals surface area contributed by atoms with E-state index >= 15 is 0 Å². The largest absolute Gasteiger partial charge is 0.315 e. The molecule has 0 aromatic rings. The normalized spacial score (nSPS) is 29.1. The first-order chi connectivity index (χ1) is 6.62. The van der Waals surface area contributed by atoms with Crippen molar-refractivity contribution >= 4 is 11.8 Å². The maximum atomic E-state index is 4.11. The Bertz CT molecular complexity index is 194. The molecule has 0 saturated carbocycles. The number of thioether (sulfide) groups is 1. The Balaban J connectivity index is 2.56. The molecule has 1 rings (SSSR count). The van der Waals surface area contributed by atoms with Crippen molar-refractivity contribution in [3.8, 4) is 0 Å². The molecule has 1 aliphatic rings. The van der Waals surface area contributed by atoms with E-state index in [0.717, 1.165) is 12.8 Å². The smallest absolute Gasteiger partial charge is 0.0288 e. The van der Waals surface area contributed by atoms with Crippen LogP contribution in [0.3, 0.4) is 0 Å². The quantitative estimate of drug-likeness (QED) is 0.704. The average molecular weight is 213 g/mol. The highest BCUT2D eigenvalue weighted by atomic mass is 32.2. The fraction of sp³-hybridized carbons (Fsp3) is 0.833. The predicted octanol–water partition coefficient (Wildman–Crippen LogP) is 3.22. The highest BCUT2D eigenvalue weighted by Gasteiger charge is 2.36. The third-order valence-electron chi connectivity index (χ3n) is 3.33. The lowest BCUT2D eigenvalue weighted by molar-refractivity contribution is 0.421. The molecular weight excluding hydrogens is 190 g/mol. The highest BCUT2D eigenvalue weighted by Crippen LogP contribution is 2.42. The molecule has 0 aromatic heterocycles. The Hall–Kier alpha value is 0.0500. The van der Waals surface area contributed by atoms with E-state index in [9.17, 15) is 0 Å². The standard InChI is InChI=1S/C12H23NS/c1-5-10(2)9-11(13-4)12(3)7-6-8-14-12/h11,13H,2,5-9H2,1,3-4H3. The summed E-state index contributed by atoms with van der Waals surface area (Å²) in [5.74, 6) is 1.33. The van der Waals surface area contributed by atoms with Crippen molar-refractivity contribution in [1.29, 1.82) is 0 Å². The maximum absolute atomic E-state index is 4.11. The molecule has 1 saturated heterocycles. The minimum Gasteiger partial charge on any atom is -0.315 e. The molecule has 1 aliphatic heterocycles. The van der Waals surface area contributed by atoms with Crippen LogP contribution >= 0.6 is 11.8 Å². The van der Waals surface area contributed by atoms with Crippen LogP contribution in [0, 0.1) is 0 Å². The molecule has 1 nitrogen and oxygen atoms in total. The lowest BCUT2D eigenvalue weighted by Crippen LogP contribution is -2.43. The topological polar surface area (TPSA) is 12.0 Å². The summed E-state index contributed by atoms with van der Waals surface area (Å²) in [6, 6.07) is 0.599. The Morgan fingerprint density at radius 3 is 2.79 bits per heavy atom. The van der Waals surface area contributed by atoms with Gasteiger partial charge < -0.3 is 5.32 Å². The van der Waals surface area contributed by atoms with Gasteiger partial charge in [-0.1, -0.05) is 19.1 Å². The Kier molecular flexibility index (Phi) is 4.52. The van der Waals surface area contributed by atoms with E-state index in [1.807, 2.05) is 0 Å². The third kappa shape index (κ3) is 2.77. The van der Waals surface area contributed by atoms with Crippen LogP contribution in [-0.2, 0) is 0 Å². The van der Waals surface area contributed by atoms with Crippen molar-refractivity contribution in [1.82, 2.24) is 5.32 Å². The summed E-state index contributed by atoms with van der Waals surface area (Å²) in [6.45, 7) is 8.71. The lowest BCUT2D eigenvalue weighted by Gasteiger charge is -2.33. The molecule has 1 heterocycles. The first kappa shape index (κ1) is 12.1. The second-order valence-electron chi connectivity index (χ2n) is 4.41. The molecule has 82 valence electrons. The fourth-order valence-corrected chi connectivity index (χ4v) is 3.58. The van der Waals surface area contributed by atoms with E-state index in [1.165, 1.54) is 24.2 Å². The average Bonchev–Trinajstić information content (AvgIpc) is 2.62. The number of rotatable bonds is 5. The minimum absolute atomic E-state index is 0.437. The number of nitrogens with one attached hydrogen (secondary N) is 1. The van der Waals surface area contributed by atoms with E-state index in [2.05, 4.69) is 44.6 Å². The first-order valence-electron chi connectivity index (χ1n) is 5.60. The van der Waals surface area contributed by atoms with Crippen LogP contribution in [0.2, 0.25) is 0 Å². The van der Waals surface area contributed by atoms with Gasteiger partial charge in [-0.05, 0) is 45.4 Å². The SMILES string of the molecule is C=C(CC)CC(NC)C1(C)CCCS1. The van der Waals surface area contributed by atoms with Crippen molar-refractivity contribution in [2.45, 2.75) is 50.3 Å². The summed E-state index contributed by atoms with van der Waals surface area (Å²) in [5.41, 5.74) is 1.37. The third-order valence-corrected chi connectivity index (χ3v) is 4.97. The first-order valence-corrected chi connectivity index (χ1v) is 6.59. The summed E-state index contributed by atoms with van der Waals surface area (Å²) in [5, 5.41) is 3.47. The zero-order chi connectivity index (χ0) is 10.6. The van der Waals surface area contributed by atoms with Crippen molar-refractivity contribution in [2.75, 3.05) is 12.8 Å². The molecular formula is C12H23NS. The summed E-state index contributed by atoms with van der Waals surface area (Å²) in [7, 11) is 2.08. The number of hydrogen-bond donors (Lipinski definition) is 1. The van der Waals surface area contributed by atoms with Gasteiger partial charge in [-0.2, -0.15) is 11.8 Å². The molecule has 1 N–H and O–H groups in total. The second kappa shape index (κ2) is 5.22. The second-order valence-corrected chi connectivity index (χ2v) is 6.04. The van der Waals surface area contributed by atoms with E-state index in [0.29, 0.717) is 10.8 Å². The molecule has 2 heteroatoms. The fourth-order valence-electron chi connectivity index (χ4n) is 2.13. The molecule has 1 fully saturated rings. The van der Waals surface area contributed by atoms with Gasteiger partial charge in [0.15, 0.2) is 0 Å². The summed E-state index contributed by atoms with van der Waals surface area (Å²) in [4.78, 5) is 0. The van der Waals surface area contributed by atoms with Crippen LogP contribution in [0.25, 0.3) is 0 Å². The molecule has 0 aliphatic carbocycles. The Labute approximate surface area is 92.7 Å². The summed E-state index contributed by atoms with van der Waals surface area (Å²) < 4.78 is 0.437. The minimum atomic E-state index is 0.437.